The Morgan fingerprint density at radius 3 is 2.37 bits per heavy atom. The first-order valence-corrected chi connectivity index (χ1v) is 7.36. The molecular weight excluding hydrogens is 357 g/mol. The number of esters is 1. The van der Waals surface area contributed by atoms with Gasteiger partial charge in [0.25, 0.3) is 5.91 Å². The number of halogens is 1. The minimum atomic E-state index is -0.366. The molecule has 4 nitrogen and oxygen atoms in total. The molecule has 1 amide bonds. The number of ether oxygens (including phenoxy) is 1. The maximum atomic E-state index is 12.3. The van der Waals surface area contributed by atoms with Crippen LogP contribution in [0.2, 0.25) is 0 Å². The Morgan fingerprint density at radius 1 is 1.21 bits per heavy atom. The van der Waals surface area contributed by atoms with Gasteiger partial charge >= 0.3 is 5.97 Å². The van der Waals surface area contributed by atoms with Gasteiger partial charge in [0, 0.05) is 15.7 Å². The number of benzene rings is 1. The highest BCUT2D eigenvalue weighted by atomic mass is 127. The van der Waals surface area contributed by atoms with E-state index in [1.165, 1.54) is 4.90 Å². The predicted molar refractivity (Wildman–Crippen MR) is 82.0 cm³/mol. The second-order valence-corrected chi connectivity index (χ2v) is 5.28. The highest BCUT2D eigenvalue weighted by Crippen LogP contribution is 2.10. The van der Waals surface area contributed by atoms with E-state index in [2.05, 4.69) is 22.6 Å². The van der Waals surface area contributed by atoms with Crippen LogP contribution in [-0.4, -0.2) is 36.5 Å². The summed E-state index contributed by atoms with van der Waals surface area (Å²) in [5.74, 6) is -0.499. The van der Waals surface area contributed by atoms with Crippen LogP contribution >= 0.6 is 22.6 Å². The van der Waals surface area contributed by atoms with Gasteiger partial charge in [0.2, 0.25) is 0 Å². The molecule has 0 aliphatic rings. The highest BCUT2D eigenvalue weighted by molar-refractivity contribution is 14.1. The van der Waals surface area contributed by atoms with E-state index in [-0.39, 0.29) is 18.4 Å². The van der Waals surface area contributed by atoms with Gasteiger partial charge in [-0.2, -0.15) is 0 Å². The van der Waals surface area contributed by atoms with Crippen LogP contribution in [0, 0.1) is 3.57 Å². The molecule has 0 N–H and O–H groups in total. The molecular formula is C14H18INO3. The lowest BCUT2D eigenvalue weighted by molar-refractivity contribution is -0.143. The number of hydrogen-bond acceptors (Lipinski definition) is 3. The summed E-state index contributed by atoms with van der Waals surface area (Å²) in [4.78, 5) is 25.3. The lowest BCUT2D eigenvalue weighted by atomic mass is 10.2. The number of nitrogens with zero attached hydrogens (tertiary/aromatic N) is 1. The quantitative estimate of drug-likeness (QED) is 0.568. The SMILES string of the molecule is CCCN(CC(=O)OCC)C(=O)c1ccc(I)cc1. The van der Waals surface area contributed by atoms with Crippen LogP contribution in [0.4, 0.5) is 0 Å². The van der Waals surface area contributed by atoms with Crippen molar-refractivity contribution < 1.29 is 14.3 Å². The summed E-state index contributed by atoms with van der Waals surface area (Å²) in [5.41, 5.74) is 0.596. The summed E-state index contributed by atoms with van der Waals surface area (Å²) in [5, 5.41) is 0. The number of carbonyl (C=O) groups is 2. The van der Waals surface area contributed by atoms with E-state index < -0.39 is 0 Å². The van der Waals surface area contributed by atoms with Crippen LogP contribution in [-0.2, 0) is 9.53 Å². The van der Waals surface area contributed by atoms with Gasteiger partial charge in [0.15, 0.2) is 0 Å². The van der Waals surface area contributed by atoms with Crippen LogP contribution in [0.15, 0.2) is 24.3 Å². The topological polar surface area (TPSA) is 46.6 Å². The first-order chi connectivity index (χ1) is 9.08. The average molecular weight is 375 g/mol. The van der Waals surface area contributed by atoms with Crippen LogP contribution in [0.3, 0.4) is 0 Å². The third-order valence-corrected chi connectivity index (χ3v) is 3.22. The van der Waals surface area contributed by atoms with Crippen molar-refractivity contribution in [1.29, 1.82) is 0 Å². The largest absolute Gasteiger partial charge is 0.465 e. The molecule has 0 aliphatic carbocycles. The van der Waals surface area contributed by atoms with E-state index in [9.17, 15) is 9.59 Å². The van der Waals surface area contributed by atoms with Crippen molar-refractivity contribution in [2.24, 2.45) is 0 Å². The zero-order chi connectivity index (χ0) is 14.3. The van der Waals surface area contributed by atoms with Crippen molar-refractivity contribution in [2.75, 3.05) is 19.7 Å². The molecule has 5 heteroatoms. The fourth-order valence-corrected chi connectivity index (χ4v) is 2.02. The smallest absolute Gasteiger partial charge is 0.325 e. The molecule has 0 heterocycles. The molecule has 0 spiro atoms. The van der Waals surface area contributed by atoms with Gasteiger partial charge in [-0.25, -0.2) is 0 Å². The Labute approximate surface area is 127 Å². The Kier molecular flexibility index (Phi) is 6.83. The van der Waals surface area contributed by atoms with Gasteiger partial charge < -0.3 is 9.64 Å². The van der Waals surface area contributed by atoms with Crippen LogP contribution in [0.5, 0.6) is 0 Å². The molecule has 0 radical (unpaired) electrons. The number of carbonyl (C=O) groups excluding carboxylic acids is 2. The molecule has 1 aromatic carbocycles. The Bertz CT molecular complexity index is 431. The van der Waals surface area contributed by atoms with Crippen molar-refractivity contribution in [3.05, 3.63) is 33.4 Å². The van der Waals surface area contributed by atoms with Gasteiger partial charge in [-0.15, -0.1) is 0 Å². The lowest BCUT2D eigenvalue weighted by Gasteiger charge is -2.21. The number of rotatable bonds is 6. The Hall–Kier alpha value is -1.11. The van der Waals surface area contributed by atoms with Crippen molar-refractivity contribution in [1.82, 2.24) is 4.90 Å². The van der Waals surface area contributed by atoms with Crippen molar-refractivity contribution in [3.8, 4) is 0 Å². The van der Waals surface area contributed by atoms with Gasteiger partial charge in [0.1, 0.15) is 6.54 Å². The molecule has 0 aromatic heterocycles. The van der Waals surface area contributed by atoms with Crippen LogP contribution in [0.1, 0.15) is 30.6 Å². The molecule has 0 unspecified atom stereocenters. The molecule has 104 valence electrons. The predicted octanol–water partition coefficient (Wildman–Crippen LogP) is 2.71. The highest BCUT2D eigenvalue weighted by Gasteiger charge is 2.18. The van der Waals surface area contributed by atoms with E-state index in [0.29, 0.717) is 18.7 Å². The number of hydrogen-bond donors (Lipinski definition) is 0. The van der Waals surface area contributed by atoms with Crippen molar-refractivity contribution in [2.45, 2.75) is 20.3 Å². The van der Waals surface area contributed by atoms with Gasteiger partial charge in [-0.3, -0.25) is 9.59 Å². The van der Waals surface area contributed by atoms with Gasteiger partial charge in [-0.05, 0) is 60.2 Å². The number of amides is 1. The van der Waals surface area contributed by atoms with E-state index in [0.717, 1.165) is 9.99 Å². The molecule has 19 heavy (non-hydrogen) atoms. The minimum absolute atomic E-state index is 0.00645. The standard InChI is InChI=1S/C14H18INO3/c1-3-9-16(10-13(17)19-4-2)14(18)11-5-7-12(15)8-6-11/h5-8H,3-4,9-10H2,1-2H3. The van der Waals surface area contributed by atoms with E-state index in [1.807, 2.05) is 19.1 Å². The van der Waals surface area contributed by atoms with Gasteiger partial charge in [0.05, 0.1) is 6.61 Å². The maximum Gasteiger partial charge on any atom is 0.325 e. The average Bonchev–Trinajstić information content (AvgIpc) is 2.38. The van der Waals surface area contributed by atoms with E-state index >= 15 is 0 Å². The summed E-state index contributed by atoms with van der Waals surface area (Å²) in [7, 11) is 0. The minimum Gasteiger partial charge on any atom is -0.465 e. The van der Waals surface area contributed by atoms with Gasteiger partial charge in [-0.1, -0.05) is 6.92 Å². The van der Waals surface area contributed by atoms with E-state index in [4.69, 9.17) is 4.74 Å². The first kappa shape index (κ1) is 15.9. The molecule has 0 saturated carbocycles. The summed E-state index contributed by atoms with van der Waals surface area (Å²) in [6.45, 7) is 4.61. The van der Waals surface area contributed by atoms with Crippen LogP contribution in [0.25, 0.3) is 0 Å². The fraction of sp³-hybridized carbons (Fsp3) is 0.429. The Balaban J connectivity index is 2.77. The first-order valence-electron chi connectivity index (χ1n) is 6.29. The molecule has 0 fully saturated rings. The summed E-state index contributed by atoms with van der Waals surface area (Å²) >= 11 is 2.19. The van der Waals surface area contributed by atoms with Crippen molar-refractivity contribution >= 4 is 34.5 Å². The zero-order valence-electron chi connectivity index (χ0n) is 11.2. The lowest BCUT2D eigenvalue weighted by Crippen LogP contribution is -2.37. The summed E-state index contributed by atoms with van der Waals surface area (Å²) in [6.07, 6.45) is 0.801. The third-order valence-electron chi connectivity index (χ3n) is 2.50. The monoisotopic (exact) mass is 375 g/mol. The second-order valence-electron chi connectivity index (χ2n) is 4.04. The molecule has 0 atom stereocenters. The maximum absolute atomic E-state index is 12.3. The zero-order valence-corrected chi connectivity index (χ0v) is 13.3. The molecule has 1 aromatic rings. The third kappa shape index (κ3) is 5.18. The second kappa shape index (κ2) is 8.14. The molecule has 0 saturated heterocycles. The van der Waals surface area contributed by atoms with Crippen LogP contribution < -0.4 is 0 Å². The molecule has 0 bridgehead atoms. The molecule has 1 rings (SSSR count). The summed E-state index contributed by atoms with van der Waals surface area (Å²) < 4.78 is 5.96. The normalized spacial score (nSPS) is 10.1. The summed E-state index contributed by atoms with van der Waals surface area (Å²) in [6, 6.07) is 7.31. The van der Waals surface area contributed by atoms with Crippen molar-refractivity contribution in [3.63, 3.8) is 0 Å². The van der Waals surface area contributed by atoms with E-state index in [1.54, 1.807) is 19.1 Å². The Morgan fingerprint density at radius 2 is 1.84 bits per heavy atom. The fourth-order valence-electron chi connectivity index (χ4n) is 1.66. The molecule has 0 aliphatic heterocycles.